The van der Waals surface area contributed by atoms with Crippen LogP contribution in [0.5, 0.6) is 0 Å². The van der Waals surface area contributed by atoms with Crippen molar-refractivity contribution >= 4 is 29.6 Å². The van der Waals surface area contributed by atoms with Gasteiger partial charge in [0.2, 0.25) is 17.8 Å². The maximum Gasteiger partial charge on any atom is 0.230 e. The van der Waals surface area contributed by atoms with E-state index < -0.39 is 0 Å². The van der Waals surface area contributed by atoms with Crippen LogP contribution in [0.2, 0.25) is 0 Å². The van der Waals surface area contributed by atoms with E-state index >= 15 is 0 Å². The van der Waals surface area contributed by atoms with Gasteiger partial charge in [-0.15, -0.1) is 0 Å². The number of aryl methyl sites for hydroxylation is 2. The minimum absolute atomic E-state index is 0.0453. The summed E-state index contributed by atoms with van der Waals surface area (Å²) in [6, 6.07) is 6.09. The van der Waals surface area contributed by atoms with Crippen LogP contribution >= 0.6 is 11.8 Å². The summed E-state index contributed by atoms with van der Waals surface area (Å²) in [5.41, 5.74) is 14.5. The molecule has 1 atom stereocenters. The summed E-state index contributed by atoms with van der Waals surface area (Å²) in [6.07, 6.45) is 0. The number of nitrogens with one attached hydrogen (secondary N) is 1. The first kappa shape index (κ1) is 17.0. The number of nitrogen functional groups attached to an aromatic ring is 2. The Morgan fingerprint density at radius 3 is 2.43 bits per heavy atom. The zero-order valence-electron chi connectivity index (χ0n) is 13.3. The third-order valence-corrected chi connectivity index (χ3v) is 4.24. The first-order chi connectivity index (χ1) is 10.8. The highest BCUT2D eigenvalue weighted by Gasteiger charge is 2.12. The second-order valence-corrected chi connectivity index (χ2v) is 6.20. The Hall–Kier alpha value is -2.35. The Morgan fingerprint density at radius 1 is 1.17 bits per heavy atom. The molecule has 2 aromatic rings. The number of hydrogen-bond acceptors (Lipinski definition) is 7. The fourth-order valence-electron chi connectivity index (χ4n) is 1.98. The van der Waals surface area contributed by atoms with E-state index in [1.165, 1.54) is 22.9 Å². The lowest BCUT2D eigenvalue weighted by Gasteiger charge is -2.15. The van der Waals surface area contributed by atoms with Crippen LogP contribution in [-0.2, 0) is 4.79 Å². The molecule has 1 heterocycles. The number of benzene rings is 1. The Morgan fingerprint density at radius 2 is 1.83 bits per heavy atom. The van der Waals surface area contributed by atoms with Crippen molar-refractivity contribution in [1.29, 1.82) is 0 Å². The van der Waals surface area contributed by atoms with Crippen LogP contribution in [0.1, 0.15) is 29.7 Å². The van der Waals surface area contributed by atoms with Crippen molar-refractivity contribution in [2.45, 2.75) is 32.0 Å². The van der Waals surface area contributed by atoms with Gasteiger partial charge in [-0.05, 0) is 37.5 Å². The van der Waals surface area contributed by atoms with Gasteiger partial charge in [0, 0.05) is 0 Å². The molecule has 23 heavy (non-hydrogen) atoms. The Bertz CT molecular complexity index is 701. The van der Waals surface area contributed by atoms with E-state index in [9.17, 15) is 4.79 Å². The number of nitrogens with zero attached hydrogens (tertiary/aromatic N) is 3. The van der Waals surface area contributed by atoms with Crippen molar-refractivity contribution in [3.8, 4) is 0 Å². The van der Waals surface area contributed by atoms with Crippen molar-refractivity contribution in [3.05, 3.63) is 34.9 Å². The fourth-order valence-corrected chi connectivity index (χ4v) is 2.64. The van der Waals surface area contributed by atoms with Crippen molar-refractivity contribution < 1.29 is 4.79 Å². The van der Waals surface area contributed by atoms with E-state index in [4.69, 9.17) is 11.5 Å². The first-order valence-corrected chi connectivity index (χ1v) is 8.10. The quantitative estimate of drug-likeness (QED) is 0.712. The van der Waals surface area contributed by atoms with Crippen LogP contribution in [0.25, 0.3) is 0 Å². The van der Waals surface area contributed by atoms with Crippen molar-refractivity contribution in [1.82, 2.24) is 20.3 Å². The van der Waals surface area contributed by atoms with Gasteiger partial charge in [-0.2, -0.15) is 15.0 Å². The van der Waals surface area contributed by atoms with E-state index in [2.05, 4.69) is 46.2 Å². The summed E-state index contributed by atoms with van der Waals surface area (Å²) in [4.78, 5) is 23.6. The number of nitrogens with two attached hydrogens (primary N) is 2. The second-order valence-electron chi connectivity index (χ2n) is 5.26. The number of rotatable bonds is 5. The molecule has 0 aliphatic heterocycles. The number of anilines is 2. The van der Waals surface area contributed by atoms with Crippen LogP contribution in [-0.4, -0.2) is 26.6 Å². The number of carbonyl (C=O) groups is 1. The topological polar surface area (TPSA) is 120 Å². The zero-order valence-corrected chi connectivity index (χ0v) is 14.1. The molecule has 5 N–H and O–H groups in total. The molecule has 7 nitrogen and oxygen atoms in total. The Labute approximate surface area is 139 Å². The van der Waals surface area contributed by atoms with Gasteiger partial charge in [-0.25, -0.2) is 0 Å². The number of aromatic nitrogens is 3. The minimum Gasteiger partial charge on any atom is -0.368 e. The highest BCUT2D eigenvalue weighted by molar-refractivity contribution is 7.99. The van der Waals surface area contributed by atoms with E-state index in [1.807, 2.05) is 13.0 Å². The molecule has 0 saturated heterocycles. The van der Waals surface area contributed by atoms with Crippen molar-refractivity contribution in [2.75, 3.05) is 17.2 Å². The van der Waals surface area contributed by atoms with Gasteiger partial charge in [0.05, 0.1) is 11.8 Å². The smallest absolute Gasteiger partial charge is 0.230 e. The molecular formula is C15H20N6OS. The maximum absolute atomic E-state index is 12.1. The normalized spacial score (nSPS) is 12.0. The van der Waals surface area contributed by atoms with Crippen LogP contribution in [0.3, 0.4) is 0 Å². The lowest BCUT2D eigenvalue weighted by molar-refractivity contribution is -0.119. The molecule has 1 amide bonds. The zero-order chi connectivity index (χ0) is 17.0. The van der Waals surface area contributed by atoms with Crippen molar-refractivity contribution in [3.63, 3.8) is 0 Å². The molecule has 122 valence electrons. The summed E-state index contributed by atoms with van der Waals surface area (Å²) in [5.74, 6) is 0.157. The molecule has 0 aliphatic rings. The van der Waals surface area contributed by atoms with Gasteiger partial charge in [0.1, 0.15) is 0 Å². The standard InChI is InChI=1S/C15H20N6OS/c1-8-4-5-11(6-9(8)2)10(3)18-12(22)7-23-15-20-13(16)19-14(17)21-15/h4-6,10H,7H2,1-3H3,(H,18,22)(H4,16,17,19,20,21)/t10-/m1/s1. The van der Waals surface area contributed by atoms with Gasteiger partial charge in [0.15, 0.2) is 5.16 Å². The largest absolute Gasteiger partial charge is 0.368 e. The predicted octanol–water partition coefficient (Wildman–Crippen LogP) is 1.62. The van der Waals surface area contributed by atoms with E-state index in [1.54, 1.807) is 0 Å². The third-order valence-electron chi connectivity index (χ3n) is 3.39. The molecule has 1 aromatic carbocycles. The molecule has 0 radical (unpaired) electrons. The van der Waals surface area contributed by atoms with Crippen LogP contribution < -0.4 is 16.8 Å². The van der Waals surface area contributed by atoms with E-state index in [-0.39, 0.29) is 29.6 Å². The molecule has 1 aromatic heterocycles. The minimum atomic E-state index is -0.113. The average molecular weight is 332 g/mol. The SMILES string of the molecule is Cc1ccc([C@@H](C)NC(=O)CSc2nc(N)nc(N)n2)cc1C. The monoisotopic (exact) mass is 332 g/mol. The third kappa shape index (κ3) is 4.82. The molecular weight excluding hydrogens is 312 g/mol. The summed E-state index contributed by atoms with van der Waals surface area (Å²) in [6.45, 7) is 6.07. The van der Waals surface area contributed by atoms with E-state index in [0.717, 1.165) is 5.56 Å². The summed E-state index contributed by atoms with van der Waals surface area (Å²) in [7, 11) is 0. The summed E-state index contributed by atoms with van der Waals surface area (Å²) >= 11 is 1.17. The molecule has 0 saturated carbocycles. The number of amides is 1. The molecule has 0 fully saturated rings. The summed E-state index contributed by atoms with van der Waals surface area (Å²) in [5, 5.41) is 3.29. The molecule has 0 aliphatic carbocycles. The van der Waals surface area contributed by atoms with Crippen molar-refractivity contribution in [2.24, 2.45) is 0 Å². The van der Waals surface area contributed by atoms with E-state index in [0.29, 0.717) is 5.16 Å². The Balaban J connectivity index is 1.92. The average Bonchev–Trinajstić information content (AvgIpc) is 2.47. The predicted molar refractivity (Wildman–Crippen MR) is 91.8 cm³/mol. The Kier molecular flexibility index (Phi) is 5.38. The van der Waals surface area contributed by atoms with Crippen LogP contribution in [0.15, 0.2) is 23.4 Å². The molecule has 0 spiro atoms. The summed E-state index contributed by atoms with van der Waals surface area (Å²) < 4.78 is 0. The van der Waals surface area contributed by atoms with Crippen LogP contribution in [0, 0.1) is 13.8 Å². The number of carbonyl (C=O) groups excluding carboxylic acids is 1. The van der Waals surface area contributed by atoms with Gasteiger partial charge in [0.25, 0.3) is 0 Å². The van der Waals surface area contributed by atoms with Gasteiger partial charge in [-0.3, -0.25) is 4.79 Å². The van der Waals surface area contributed by atoms with Gasteiger partial charge >= 0.3 is 0 Å². The highest BCUT2D eigenvalue weighted by atomic mass is 32.2. The number of hydrogen-bond donors (Lipinski definition) is 3. The lowest BCUT2D eigenvalue weighted by Crippen LogP contribution is -2.28. The number of thioether (sulfide) groups is 1. The molecule has 8 heteroatoms. The highest BCUT2D eigenvalue weighted by Crippen LogP contribution is 2.18. The van der Waals surface area contributed by atoms with Gasteiger partial charge in [-0.1, -0.05) is 30.0 Å². The molecule has 2 rings (SSSR count). The van der Waals surface area contributed by atoms with Crippen LogP contribution in [0.4, 0.5) is 11.9 Å². The maximum atomic E-state index is 12.1. The fraction of sp³-hybridized carbons (Fsp3) is 0.333. The first-order valence-electron chi connectivity index (χ1n) is 7.11. The second kappa shape index (κ2) is 7.28. The lowest BCUT2D eigenvalue weighted by atomic mass is 10.0. The van der Waals surface area contributed by atoms with Gasteiger partial charge < -0.3 is 16.8 Å². The molecule has 0 bridgehead atoms. The molecule has 0 unspecified atom stereocenters.